The third kappa shape index (κ3) is 8.97. The predicted molar refractivity (Wildman–Crippen MR) is 175 cm³/mol. The van der Waals surface area contributed by atoms with Gasteiger partial charge in [-0.05, 0) is 54.6 Å². The second kappa shape index (κ2) is 16.8. The minimum Gasteiger partial charge on any atom is -0.497 e. The number of ether oxygens (including phenoxy) is 1. The van der Waals surface area contributed by atoms with E-state index in [1.165, 1.54) is 0 Å². The highest BCUT2D eigenvalue weighted by molar-refractivity contribution is 7.86. The van der Waals surface area contributed by atoms with Crippen molar-refractivity contribution in [1.29, 1.82) is 0 Å². The summed E-state index contributed by atoms with van der Waals surface area (Å²) in [4.78, 5) is 26.6. The van der Waals surface area contributed by atoms with Crippen LogP contribution in [0, 0.1) is 0 Å². The van der Waals surface area contributed by atoms with E-state index in [-0.39, 0.29) is 18.3 Å². The number of anilines is 3. The van der Waals surface area contributed by atoms with Crippen molar-refractivity contribution in [3.63, 3.8) is 0 Å². The van der Waals surface area contributed by atoms with Crippen molar-refractivity contribution in [3.8, 4) is 5.75 Å². The predicted octanol–water partition coefficient (Wildman–Crippen LogP) is 7.55. The Bertz CT molecular complexity index is 1670. The highest BCUT2D eigenvalue weighted by Gasteiger charge is 2.16. The number of nitrogens with zero attached hydrogens (tertiary/aromatic N) is 3. The SMILES string of the molecule is CC.CC.COc1ccc(Cl)c(Nc2nc3ccccc3nc2NS(=O)c2cccc(C(=O)NCc3ccccn3)c2)c1. The van der Waals surface area contributed by atoms with Gasteiger partial charge in [0.1, 0.15) is 5.75 Å². The van der Waals surface area contributed by atoms with Gasteiger partial charge in [0.05, 0.1) is 46.0 Å². The molecule has 11 heteroatoms. The minimum absolute atomic E-state index is 0.246. The van der Waals surface area contributed by atoms with Gasteiger partial charge >= 0.3 is 0 Å². The molecule has 0 aliphatic rings. The maximum Gasteiger partial charge on any atom is 0.251 e. The number of aromatic nitrogens is 3. The van der Waals surface area contributed by atoms with Gasteiger partial charge in [-0.1, -0.05) is 63.6 Å². The van der Waals surface area contributed by atoms with Crippen molar-refractivity contribution in [2.24, 2.45) is 0 Å². The van der Waals surface area contributed by atoms with Crippen molar-refractivity contribution in [2.45, 2.75) is 39.1 Å². The van der Waals surface area contributed by atoms with E-state index in [1.807, 2.05) is 70.2 Å². The fourth-order valence-corrected chi connectivity index (χ4v) is 4.72. The molecule has 0 aliphatic heterocycles. The summed E-state index contributed by atoms with van der Waals surface area (Å²) in [6.07, 6.45) is 1.66. The van der Waals surface area contributed by atoms with Gasteiger partial charge in [0.15, 0.2) is 22.6 Å². The monoisotopic (exact) mass is 618 g/mol. The highest BCUT2D eigenvalue weighted by atomic mass is 35.5. The second-order valence-electron chi connectivity index (χ2n) is 8.28. The molecule has 0 aliphatic carbocycles. The quantitative estimate of drug-likeness (QED) is 0.156. The third-order valence-electron chi connectivity index (χ3n) is 5.65. The molecule has 0 bridgehead atoms. The Morgan fingerprint density at radius 1 is 0.860 bits per heavy atom. The van der Waals surface area contributed by atoms with Gasteiger partial charge in [-0.3, -0.25) is 14.5 Å². The van der Waals surface area contributed by atoms with Crippen LogP contribution in [0.5, 0.6) is 5.75 Å². The fraction of sp³-hybridized carbons (Fsp3) is 0.188. The van der Waals surface area contributed by atoms with E-state index in [0.29, 0.717) is 43.8 Å². The molecule has 2 aromatic heterocycles. The molecule has 0 saturated heterocycles. The largest absolute Gasteiger partial charge is 0.497 e. The maximum atomic E-state index is 13.4. The molecular weight excluding hydrogens is 584 g/mol. The number of nitrogens with one attached hydrogen (secondary N) is 3. The first-order chi connectivity index (χ1) is 21.0. The minimum atomic E-state index is -1.77. The average Bonchev–Trinajstić information content (AvgIpc) is 3.07. The van der Waals surface area contributed by atoms with E-state index in [9.17, 15) is 9.00 Å². The van der Waals surface area contributed by atoms with Gasteiger partial charge in [-0.25, -0.2) is 14.2 Å². The van der Waals surface area contributed by atoms with Crippen LogP contribution in [0.15, 0.2) is 96.0 Å². The third-order valence-corrected chi connectivity index (χ3v) is 7.04. The summed E-state index contributed by atoms with van der Waals surface area (Å²) in [7, 11) is -0.205. The van der Waals surface area contributed by atoms with E-state index in [4.69, 9.17) is 16.3 Å². The molecule has 5 aromatic rings. The van der Waals surface area contributed by atoms with Crippen LogP contribution in [0.3, 0.4) is 0 Å². The lowest BCUT2D eigenvalue weighted by Crippen LogP contribution is -2.23. The van der Waals surface area contributed by atoms with Crippen molar-refractivity contribution in [2.75, 3.05) is 17.1 Å². The number of carbonyl (C=O) groups excluding carboxylic acids is 1. The Morgan fingerprint density at radius 2 is 1.56 bits per heavy atom. The lowest BCUT2D eigenvalue weighted by Gasteiger charge is -2.15. The number of benzene rings is 3. The van der Waals surface area contributed by atoms with Crippen LogP contribution in [0.1, 0.15) is 43.7 Å². The van der Waals surface area contributed by atoms with Crippen LogP contribution in [0.25, 0.3) is 11.0 Å². The number of para-hydroxylation sites is 2. The molecule has 5 rings (SSSR count). The summed E-state index contributed by atoms with van der Waals surface area (Å²) in [6.45, 7) is 8.28. The van der Waals surface area contributed by atoms with Crippen LogP contribution in [-0.4, -0.2) is 32.2 Å². The summed E-state index contributed by atoms with van der Waals surface area (Å²) in [6, 6.07) is 24.6. The van der Waals surface area contributed by atoms with Crippen molar-refractivity contribution in [1.82, 2.24) is 20.3 Å². The first-order valence-corrected chi connectivity index (χ1v) is 15.4. The van der Waals surface area contributed by atoms with Gasteiger partial charge in [-0.15, -0.1) is 0 Å². The molecule has 9 nitrogen and oxygen atoms in total. The van der Waals surface area contributed by atoms with Gasteiger partial charge in [0, 0.05) is 17.8 Å². The molecule has 0 saturated carbocycles. The second-order valence-corrected chi connectivity index (χ2v) is 9.90. The van der Waals surface area contributed by atoms with E-state index < -0.39 is 11.0 Å². The summed E-state index contributed by atoms with van der Waals surface area (Å²) >= 11 is 6.40. The Morgan fingerprint density at radius 3 is 2.23 bits per heavy atom. The Balaban J connectivity index is 0.00000121. The zero-order valence-corrected chi connectivity index (χ0v) is 26.3. The molecule has 1 amide bonds. The first kappa shape index (κ1) is 33.0. The average molecular weight is 619 g/mol. The number of amides is 1. The molecule has 2 heterocycles. The smallest absolute Gasteiger partial charge is 0.251 e. The standard InChI is InChI=1S/C28H23ClN6O3S.2C2H6/c1-38-20-12-13-22(29)25(16-20)34-26-27(33-24-11-3-2-10-23(24)32-26)35-39(37)21-9-6-7-18(15-21)28(36)31-17-19-8-4-5-14-30-19;2*1-2/h2-16H,17H2,1H3,(H,31,36)(H,32,34)(H,33,35);2*1-2H3. The Labute approximate surface area is 259 Å². The van der Waals surface area contributed by atoms with Crippen molar-refractivity contribution < 1.29 is 13.7 Å². The van der Waals surface area contributed by atoms with Crippen molar-refractivity contribution in [3.05, 3.63) is 107 Å². The van der Waals surface area contributed by atoms with Gasteiger partial charge in [0.2, 0.25) is 0 Å². The first-order valence-electron chi connectivity index (χ1n) is 13.8. The van der Waals surface area contributed by atoms with Crippen LogP contribution >= 0.6 is 11.6 Å². The number of fused-ring (bicyclic) bond motifs is 1. The molecule has 3 N–H and O–H groups in total. The van der Waals surface area contributed by atoms with E-state index in [1.54, 1.807) is 55.8 Å². The highest BCUT2D eigenvalue weighted by Crippen LogP contribution is 2.32. The fourth-order valence-electron chi connectivity index (χ4n) is 3.69. The molecule has 3 aromatic carbocycles. The van der Waals surface area contributed by atoms with E-state index in [0.717, 1.165) is 5.69 Å². The normalized spacial score (nSPS) is 10.7. The lowest BCUT2D eigenvalue weighted by molar-refractivity contribution is 0.0950. The van der Waals surface area contributed by atoms with Crippen molar-refractivity contribution >= 4 is 56.9 Å². The number of hydrogen-bond acceptors (Lipinski definition) is 7. The van der Waals surface area contributed by atoms with E-state index >= 15 is 0 Å². The molecule has 224 valence electrons. The molecule has 1 atom stereocenters. The molecule has 0 fully saturated rings. The van der Waals surface area contributed by atoms with E-state index in [2.05, 4.69) is 30.3 Å². The van der Waals surface area contributed by atoms with Crippen LogP contribution < -0.4 is 20.1 Å². The molecule has 1 unspecified atom stereocenters. The summed E-state index contributed by atoms with van der Waals surface area (Å²) in [5.74, 6) is 0.865. The van der Waals surface area contributed by atoms with Crippen LogP contribution in [0.2, 0.25) is 5.02 Å². The number of rotatable bonds is 9. The summed E-state index contributed by atoms with van der Waals surface area (Å²) in [5.41, 5.74) is 2.90. The maximum absolute atomic E-state index is 13.4. The number of hydrogen-bond donors (Lipinski definition) is 3. The number of carbonyl (C=O) groups is 1. The summed E-state index contributed by atoms with van der Waals surface area (Å²) < 4.78 is 21.6. The van der Waals surface area contributed by atoms with Crippen LogP contribution in [0.4, 0.5) is 17.3 Å². The van der Waals surface area contributed by atoms with Gasteiger partial charge in [-0.2, -0.15) is 0 Å². The Hall–Kier alpha value is -4.54. The number of methoxy groups -OCH3 is 1. The zero-order chi connectivity index (χ0) is 31.2. The zero-order valence-electron chi connectivity index (χ0n) is 24.7. The molecule has 43 heavy (non-hydrogen) atoms. The number of pyridine rings is 1. The van der Waals surface area contributed by atoms with Crippen LogP contribution in [-0.2, 0) is 17.5 Å². The molecular formula is C32H35ClN6O3S. The van der Waals surface area contributed by atoms with Gasteiger partial charge < -0.3 is 15.4 Å². The summed E-state index contributed by atoms with van der Waals surface area (Å²) in [5, 5.41) is 6.45. The Kier molecular flexibility index (Phi) is 12.9. The van der Waals surface area contributed by atoms with Gasteiger partial charge in [0.25, 0.3) is 5.91 Å². The lowest BCUT2D eigenvalue weighted by atomic mass is 10.2. The molecule has 0 spiro atoms. The topological polar surface area (TPSA) is 118 Å². The number of halogens is 1. The molecule has 0 radical (unpaired) electrons.